The van der Waals surface area contributed by atoms with Gasteiger partial charge in [0.05, 0.1) is 11.9 Å². The molecule has 2 aromatic rings. The number of amides is 1. The van der Waals surface area contributed by atoms with Gasteiger partial charge in [-0.05, 0) is 37.6 Å². The highest BCUT2D eigenvalue weighted by Gasteiger charge is 2.44. The van der Waals surface area contributed by atoms with E-state index in [1.54, 1.807) is 29.7 Å². The second kappa shape index (κ2) is 4.94. The van der Waals surface area contributed by atoms with Crippen molar-refractivity contribution in [1.82, 2.24) is 4.98 Å². The predicted molar refractivity (Wildman–Crippen MR) is 77.8 cm³/mol. The molecule has 3 rings (SSSR count). The summed E-state index contributed by atoms with van der Waals surface area (Å²) in [4.78, 5) is 18.6. The Balaban J connectivity index is 1.62. The smallest absolute Gasteiger partial charge is 0.228 e. The van der Waals surface area contributed by atoms with E-state index in [1.807, 2.05) is 0 Å². The average molecular weight is 293 g/mol. The van der Waals surface area contributed by atoms with E-state index in [2.05, 4.69) is 29.4 Å². The van der Waals surface area contributed by atoms with Crippen molar-refractivity contribution in [3.63, 3.8) is 0 Å². The number of nitrogens with zero attached hydrogens (tertiary/aromatic N) is 1. The van der Waals surface area contributed by atoms with Gasteiger partial charge in [0.25, 0.3) is 0 Å². The Hall–Kier alpha value is -1.39. The van der Waals surface area contributed by atoms with Gasteiger partial charge in [0.15, 0.2) is 0 Å². The molecule has 0 aromatic carbocycles. The normalized spacial score (nSPS) is 21.2. The number of thiophene rings is 1. The van der Waals surface area contributed by atoms with E-state index in [0.29, 0.717) is 16.8 Å². The summed E-state index contributed by atoms with van der Waals surface area (Å²) in [5.41, 5.74) is 0.697. The van der Waals surface area contributed by atoms with Crippen LogP contribution < -0.4 is 5.32 Å². The minimum absolute atomic E-state index is 0.0696. The fourth-order valence-corrected chi connectivity index (χ4v) is 3.30. The van der Waals surface area contributed by atoms with E-state index in [-0.39, 0.29) is 11.8 Å². The van der Waals surface area contributed by atoms with Gasteiger partial charge in [-0.2, -0.15) is 0 Å². The van der Waals surface area contributed by atoms with E-state index in [4.69, 9.17) is 11.6 Å². The third kappa shape index (κ3) is 2.80. The SMILES string of the molecule is Cc1ccc([C@H]2C[C@H]2C(=O)Nc2ccc(Cl)nc2)s1. The zero-order valence-corrected chi connectivity index (χ0v) is 12.0. The third-order valence-electron chi connectivity index (χ3n) is 3.25. The lowest BCUT2D eigenvalue weighted by atomic mass is 10.2. The number of hydrogen-bond donors (Lipinski definition) is 1. The number of halogens is 1. The number of rotatable bonds is 3. The van der Waals surface area contributed by atoms with Crippen LogP contribution in [0.25, 0.3) is 0 Å². The molecule has 1 amide bonds. The lowest BCUT2D eigenvalue weighted by Gasteiger charge is -2.03. The zero-order chi connectivity index (χ0) is 13.4. The summed E-state index contributed by atoms with van der Waals surface area (Å²) in [7, 11) is 0. The third-order valence-corrected chi connectivity index (χ3v) is 4.60. The number of carbonyl (C=O) groups is 1. The molecule has 1 aliphatic rings. The Bertz CT molecular complexity index is 608. The maximum atomic E-state index is 12.1. The van der Waals surface area contributed by atoms with Gasteiger partial charge in [0, 0.05) is 21.6 Å². The van der Waals surface area contributed by atoms with Crippen molar-refractivity contribution in [3.8, 4) is 0 Å². The highest BCUT2D eigenvalue weighted by Crippen LogP contribution is 2.50. The molecule has 98 valence electrons. The molecule has 0 saturated heterocycles. The molecular formula is C14H13ClN2OS. The number of anilines is 1. The lowest BCUT2D eigenvalue weighted by Crippen LogP contribution is -2.14. The minimum Gasteiger partial charge on any atom is -0.324 e. The molecule has 0 aliphatic heterocycles. The molecule has 1 fully saturated rings. The van der Waals surface area contributed by atoms with Crippen molar-refractivity contribution in [3.05, 3.63) is 45.4 Å². The zero-order valence-electron chi connectivity index (χ0n) is 10.4. The maximum absolute atomic E-state index is 12.1. The highest BCUT2D eigenvalue weighted by molar-refractivity contribution is 7.12. The summed E-state index contributed by atoms with van der Waals surface area (Å²) in [6, 6.07) is 7.67. The van der Waals surface area contributed by atoms with Gasteiger partial charge in [-0.15, -0.1) is 11.3 Å². The molecule has 2 heterocycles. The van der Waals surface area contributed by atoms with Gasteiger partial charge in [-0.3, -0.25) is 4.79 Å². The summed E-state index contributed by atoms with van der Waals surface area (Å²) >= 11 is 7.48. The molecule has 2 atom stereocenters. The van der Waals surface area contributed by atoms with E-state index < -0.39 is 0 Å². The molecular weight excluding hydrogens is 280 g/mol. The first-order valence-corrected chi connectivity index (χ1v) is 7.31. The Morgan fingerprint density at radius 3 is 2.89 bits per heavy atom. The number of aryl methyl sites for hydroxylation is 1. The molecule has 1 N–H and O–H groups in total. The van der Waals surface area contributed by atoms with Crippen LogP contribution in [-0.2, 0) is 4.79 Å². The standard InChI is InChI=1S/C14H13ClN2OS/c1-8-2-4-12(19-8)10-6-11(10)14(18)17-9-3-5-13(15)16-7-9/h2-5,7,10-11H,6H2,1H3,(H,17,18)/t10-,11+/m0/s1. The number of pyridine rings is 1. The fourth-order valence-electron chi connectivity index (χ4n) is 2.14. The maximum Gasteiger partial charge on any atom is 0.228 e. The number of aromatic nitrogens is 1. The fraction of sp³-hybridized carbons (Fsp3) is 0.286. The average Bonchev–Trinajstić information content (AvgIpc) is 3.08. The van der Waals surface area contributed by atoms with E-state index in [9.17, 15) is 4.79 Å². The Morgan fingerprint density at radius 1 is 1.42 bits per heavy atom. The quantitative estimate of drug-likeness (QED) is 0.873. The first-order chi connectivity index (χ1) is 9.13. The van der Waals surface area contributed by atoms with Crippen LogP contribution in [0.2, 0.25) is 5.15 Å². The van der Waals surface area contributed by atoms with E-state index >= 15 is 0 Å². The van der Waals surface area contributed by atoms with Crippen molar-refractivity contribution in [2.45, 2.75) is 19.3 Å². The van der Waals surface area contributed by atoms with Gasteiger partial charge >= 0.3 is 0 Å². The van der Waals surface area contributed by atoms with Crippen LogP contribution in [0.5, 0.6) is 0 Å². The predicted octanol–water partition coefficient (Wildman–Crippen LogP) is 3.85. The van der Waals surface area contributed by atoms with Crippen LogP contribution in [-0.4, -0.2) is 10.9 Å². The summed E-state index contributed by atoms with van der Waals surface area (Å²) in [6.07, 6.45) is 2.51. The minimum atomic E-state index is 0.0696. The van der Waals surface area contributed by atoms with Gasteiger partial charge < -0.3 is 5.32 Å². The molecule has 1 saturated carbocycles. The van der Waals surface area contributed by atoms with Gasteiger partial charge in [0.1, 0.15) is 5.15 Å². The largest absolute Gasteiger partial charge is 0.324 e. The number of nitrogens with one attached hydrogen (secondary N) is 1. The van der Waals surface area contributed by atoms with Gasteiger partial charge in [0.2, 0.25) is 5.91 Å². The van der Waals surface area contributed by atoms with Crippen molar-refractivity contribution in [2.75, 3.05) is 5.32 Å². The second-order valence-electron chi connectivity index (χ2n) is 4.76. The molecule has 2 aromatic heterocycles. The Morgan fingerprint density at radius 2 is 2.26 bits per heavy atom. The first kappa shape index (κ1) is 12.6. The summed E-state index contributed by atoms with van der Waals surface area (Å²) in [5, 5.41) is 3.31. The van der Waals surface area contributed by atoms with E-state index in [1.165, 1.54) is 9.75 Å². The number of carbonyl (C=O) groups excluding carboxylic acids is 1. The van der Waals surface area contributed by atoms with Gasteiger partial charge in [-0.1, -0.05) is 11.6 Å². The first-order valence-electron chi connectivity index (χ1n) is 6.12. The van der Waals surface area contributed by atoms with Crippen molar-refractivity contribution < 1.29 is 4.79 Å². The molecule has 5 heteroatoms. The van der Waals surface area contributed by atoms with Crippen LogP contribution in [0.1, 0.15) is 22.1 Å². The molecule has 0 radical (unpaired) electrons. The van der Waals surface area contributed by atoms with E-state index in [0.717, 1.165) is 6.42 Å². The molecule has 0 unspecified atom stereocenters. The highest BCUT2D eigenvalue weighted by atomic mass is 35.5. The molecule has 3 nitrogen and oxygen atoms in total. The lowest BCUT2D eigenvalue weighted by molar-refractivity contribution is -0.117. The summed E-state index contributed by atoms with van der Waals surface area (Å²) in [6.45, 7) is 2.09. The van der Waals surface area contributed by atoms with Crippen molar-refractivity contribution >= 4 is 34.5 Å². The summed E-state index contributed by atoms with van der Waals surface area (Å²) in [5.74, 6) is 0.549. The number of hydrogen-bond acceptors (Lipinski definition) is 3. The van der Waals surface area contributed by atoms with Crippen LogP contribution in [0.4, 0.5) is 5.69 Å². The van der Waals surface area contributed by atoms with Crippen LogP contribution in [0.15, 0.2) is 30.5 Å². The Labute approximate surface area is 120 Å². The molecule has 1 aliphatic carbocycles. The summed E-state index contributed by atoms with van der Waals surface area (Å²) < 4.78 is 0. The second-order valence-corrected chi connectivity index (χ2v) is 6.46. The molecule has 0 bridgehead atoms. The van der Waals surface area contributed by atoms with Crippen molar-refractivity contribution in [1.29, 1.82) is 0 Å². The molecule has 19 heavy (non-hydrogen) atoms. The van der Waals surface area contributed by atoms with Crippen LogP contribution in [0.3, 0.4) is 0 Å². The topological polar surface area (TPSA) is 42.0 Å². The van der Waals surface area contributed by atoms with Crippen LogP contribution >= 0.6 is 22.9 Å². The molecule has 0 spiro atoms. The van der Waals surface area contributed by atoms with Gasteiger partial charge in [-0.25, -0.2) is 4.98 Å². The Kier molecular flexibility index (Phi) is 3.29. The van der Waals surface area contributed by atoms with Crippen molar-refractivity contribution in [2.24, 2.45) is 5.92 Å². The van der Waals surface area contributed by atoms with Crippen LogP contribution in [0, 0.1) is 12.8 Å². The monoisotopic (exact) mass is 292 g/mol.